The summed E-state index contributed by atoms with van der Waals surface area (Å²) in [5.41, 5.74) is 0.982. The van der Waals surface area contributed by atoms with Gasteiger partial charge >= 0.3 is 5.97 Å². The van der Waals surface area contributed by atoms with Crippen LogP contribution < -0.4 is 0 Å². The average Bonchev–Trinajstić information content (AvgIpc) is 2.86. The lowest BCUT2D eigenvalue weighted by Crippen LogP contribution is -2.30. The van der Waals surface area contributed by atoms with E-state index in [4.69, 9.17) is 5.11 Å². The van der Waals surface area contributed by atoms with Crippen molar-refractivity contribution in [1.29, 1.82) is 0 Å². The first kappa shape index (κ1) is 15.5. The highest BCUT2D eigenvalue weighted by atomic mass is 32.2. The molecule has 1 fully saturated rings. The lowest BCUT2D eigenvalue weighted by Gasteiger charge is -2.17. The molecule has 2 rings (SSSR count). The first-order valence-electron chi connectivity index (χ1n) is 6.53. The molecule has 1 atom stereocenters. The van der Waals surface area contributed by atoms with Gasteiger partial charge in [-0.25, -0.2) is 8.42 Å². The summed E-state index contributed by atoms with van der Waals surface area (Å²) in [7, 11) is -3.39. The largest absolute Gasteiger partial charge is 0.481 e. The zero-order valence-corrected chi connectivity index (χ0v) is 12.7. The van der Waals surface area contributed by atoms with Gasteiger partial charge in [-0.05, 0) is 31.0 Å². The van der Waals surface area contributed by atoms with Gasteiger partial charge in [-0.2, -0.15) is 0 Å². The van der Waals surface area contributed by atoms with E-state index in [-0.39, 0.29) is 17.3 Å². The fourth-order valence-electron chi connectivity index (χ4n) is 2.38. The Hall–Kier alpha value is -1.89. The van der Waals surface area contributed by atoms with E-state index in [1.54, 1.807) is 13.0 Å². The Bertz CT molecular complexity index is 695. The van der Waals surface area contributed by atoms with Crippen LogP contribution in [0.1, 0.15) is 22.3 Å². The Morgan fingerprint density at radius 3 is 2.52 bits per heavy atom. The van der Waals surface area contributed by atoms with E-state index in [0.717, 1.165) is 6.26 Å². The van der Waals surface area contributed by atoms with Crippen LogP contribution >= 0.6 is 0 Å². The van der Waals surface area contributed by atoms with E-state index >= 15 is 0 Å². The molecule has 6 nitrogen and oxygen atoms in total. The van der Waals surface area contributed by atoms with Gasteiger partial charge in [0.2, 0.25) is 0 Å². The molecule has 0 saturated carbocycles. The van der Waals surface area contributed by atoms with Crippen LogP contribution in [0.5, 0.6) is 0 Å². The third-order valence-corrected chi connectivity index (χ3v) is 4.80. The molecule has 0 aliphatic carbocycles. The number of carboxylic acid groups (broad SMARTS) is 1. The maximum Gasteiger partial charge on any atom is 0.308 e. The van der Waals surface area contributed by atoms with Crippen molar-refractivity contribution in [2.75, 3.05) is 19.3 Å². The van der Waals surface area contributed by atoms with Crippen molar-refractivity contribution in [3.8, 4) is 0 Å². The summed E-state index contributed by atoms with van der Waals surface area (Å²) in [6, 6.07) is 4.42. The molecule has 114 valence electrons. The summed E-state index contributed by atoms with van der Waals surface area (Å²) in [5.74, 6) is -1.78. The number of aryl methyl sites for hydroxylation is 1. The van der Waals surface area contributed by atoms with Gasteiger partial charge in [-0.1, -0.05) is 6.07 Å². The van der Waals surface area contributed by atoms with Crippen molar-refractivity contribution in [3.63, 3.8) is 0 Å². The highest BCUT2D eigenvalue weighted by molar-refractivity contribution is 7.90. The molecule has 1 aromatic carbocycles. The molecule has 0 radical (unpaired) electrons. The first-order valence-corrected chi connectivity index (χ1v) is 8.42. The lowest BCUT2D eigenvalue weighted by molar-refractivity contribution is -0.141. The molecule has 21 heavy (non-hydrogen) atoms. The van der Waals surface area contributed by atoms with Crippen LogP contribution in [0.15, 0.2) is 23.1 Å². The van der Waals surface area contributed by atoms with Gasteiger partial charge in [0.25, 0.3) is 5.91 Å². The molecule has 7 heteroatoms. The number of amides is 1. The monoisotopic (exact) mass is 311 g/mol. The third-order valence-electron chi connectivity index (χ3n) is 3.69. The fraction of sp³-hybridized carbons (Fsp3) is 0.429. The summed E-state index contributed by atoms with van der Waals surface area (Å²) in [6.07, 6.45) is 1.51. The predicted octanol–water partition coefficient (Wildman–Crippen LogP) is 0.945. The van der Waals surface area contributed by atoms with Crippen molar-refractivity contribution in [1.82, 2.24) is 4.90 Å². The SMILES string of the molecule is Cc1ccc(S(C)(=O)=O)cc1C(=O)N1CC[C@H](C(=O)O)C1. The van der Waals surface area contributed by atoms with Crippen LogP contribution in [0.2, 0.25) is 0 Å². The summed E-state index contributed by atoms with van der Waals surface area (Å²) < 4.78 is 23.2. The Morgan fingerprint density at radius 2 is 2.00 bits per heavy atom. The van der Waals surface area contributed by atoms with Crippen molar-refractivity contribution in [3.05, 3.63) is 29.3 Å². The highest BCUT2D eigenvalue weighted by Crippen LogP contribution is 2.22. The maximum atomic E-state index is 12.5. The minimum absolute atomic E-state index is 0.0884. The zero-order valence-electron chi connectivity index (χ0n) is 11.9. The lowest BCUT2D eigenvalue weighted by atomic mass is 10.1. The van der Waals surface area contributed by atoms with Crippen LogP contribution in [-0.2, 0) is 14.6 Å². The molecular weight excluding hydrogens is 294 g/mol. The molecule has 1 aromatic rings. The van der Waals surface area contributed by atoms with E-state index in [1.807, 2.05) is 0 Å². The van der Waals surface area contributed by atoms with Gasteiger partial charge in [0, 0.05) is 24.9 Å². The topological polar surface area (TPSA) is 91.8 Å². The van der Waals surface area contributed by atoms with Crippen molar-refractivity contribution >= 4 is 21.7 Å². The van der Waals surface area contributed by atoms with E-state index in [0.29, 0.717) is 24.1 Å². The van der Waals surface area contributed by atoms with Crippen LogP contribution in [0.25, 0.3) is 0 Å². The molecule has 0 bridgehead atoms. The Morgan fingerprint density at radius 1 is 1.33 bits per heavy atom. The predicted molar refractivity (Wildman–Crippen MR) is 75.9 cm³/mol. The third kappa shape index (κ3) is 3.24. The van der Waals surface area contributed by atoms with Gasteiger partial charge < -0.3 is 10.0 Å². The van der Waals surface area contributed by atoms with E-state index in [2.05, 4.69) is 0 Å². The summed E-state index contributed by atoms with van der Waals surface area (Å²) >= 11 is 0. The second-order valence-corrected chi connectivity index (χ2v) is 7.34. The molecule has 1 aliphatic heterocycles. The molecule has 1 heterocycles. The number of carboxylic acids is 1. The van der Waals surface area contributed by atoms with Crippen LogP contribution in [0.3, 0.4) is 0 Å². The normalized spacial score (nSPS) is 18.8. The molecular formula is C14H17NO5S. The Balaban J connectivity index is 2.30. The van der Waals surface area contributed by atoms with Crippen molar-refractivity contribution in [2.45, 2.75) is 18.2 Å². The van der Waals surface area contributed by atoms with E-state index < -0.39 is 21.7 Å². The molecule has 1 N–H and O–H groups in total. The zero-order chi connectivity index (χ0) is 15.8. The number of likely N-dealkylation sites (tertiary alicyclic amines) is 1. The Labute approximate surface area is 123 Å². The van der Waals surface area contributed by atoms with Crippen molar-refractivity contribution < 1.29 is 23.1 Å². The standard InChI is InChI=1S/C14H17NO5S/c1-9-3-4-11(21(2,19)20)7-12(9)13(16)15-6-5-10(8-15)14(17)18/h3-4,7,10H,5-6,8H2,1-2H3,(H,17,18)/t10-/m0/s1. The second kappa shape index (κ2) is 5.48. The van der Waals surface area contributed by atoms with Gasteiger partial charge in [0.05, 0.1) is 10.8 Å². The number of hydrogen-bond acceptors (Lipinski definition) is 4. The molecule has 1 aliphatic rings. The number of hydrogen-bond donors (Lipinski definition) is 1. The maximum absolute atomic E-state index is 12.5. The van der Waals surface area contributed by atoms with Gasteiger partial charge in [0.15, 0.2) is 9.84 Å². The second-order valence-electron chi connectivity index (χ2n) is 5.32. The molecule has 1 saturated heterocycles. The number of nitrogens with zero attached hydrogens (tertiary/aromatic N) is 1. The molecule has 1 amide bonds. The summed E-state index contributed by atoms with van der Waals surface area (Å²) in [5, 5.41) is 8.97. The number of benzene rings is 1. The average molecular weight is 311 g/mol. The smallest absolute Gasteiger partial charge is 0.308 e. The van der Waals surface area contributed by atoms with Crippen LogP contribution in [-0.4, -0.2) is 49.6 Å². The van der Waals surface area contributed by atoms with Crippen LogP contribution in [0.4, 0.5) is 0 Å². The number of rotatable bonds is 3. The minimum Gasteiger partial charge on any atom is -0.481 e. The Kier molecular flexibility index (Phi) is 4.04. The number of sulfone groups is 1. The minimum atomic E-state index is -3.39. The molecule has 0 aromatic heterocycles. The number of aliphatic carboxylic acids is 1. The van der Waals surface area contributed by atoms with Gasteiger partial charge in [-0.15, -0.1) is 0 Å². The van der Waals surface area contributed by atoms with E-state index in [1.165, 1.54) is 17.0 Å². The van der Waals surface area contributed by atoms with Gasteiger partial charge in [-0.3, -0.25) is 9.59 Å². The molecule has 0 spiro atoms. The van der Waals surface area contributed by atoms with Gasteiger partial charge in [0.1, 0.15) is 0 Å². The summed E-state index contributed by atoms with van der Waals surface area (Å²) in [6.45, 7) is 2.26. The van der Waals surface area contributed by atoms with E-state index in [9.17, 15) is 18.0 Å². The van der Waals surface area contributed by atoms with Crippen LogP contribution in [0, 0.1) is 12.8 Å². The fourth-order valence-corrected chi connectivity index (χ4v) is 3.03. The summed E-state index contributed by atoms with van der Waals surface area (Å²) in [4.78, 5) is 24.9. The molecule has 0 unspecified atom stereocenters. The highest BCUT2D eigenvalue weighted by Gasteiger charge is 2.32. The number of carbonyl (C=O) groups is 2. The van der Waals surface area contributed by atoms with Crippen molar-refractivity contribution in [2.24, 2.45) is 5.92 Å². The number of carbonyl (C=O) groups excluding carboxylic acids is 1. The first-order chi connectivity index (χ1) is 9.70. The quantitative estimate of drug-likeness (QED) is 0.897.